The van der Waals surface area contributed by atoms with Crippen molar-refractivity contribution >= 4 is 11.8 Å². The summed E-state index contributed by atoms with van der Waals surface area (Å²) in [6.07, 6.45) is 0.769. The number of rotatable bonds is 8. The quantitative estimate of drug-likeness (QED) is 0.592. The zero-order valence-corrected chi connectivity index (χ0v) is 14.7. The molecular weight excluding hydrogens is 368 g/mol. The Hall–Kier alpha value is -2.69. The molecule has 0 amide bonds. The number of aromatic nitrogens is 5. The number of aromatic amines is 1. The van der Waals surface area contributed by atoms with Crippen molar-refractivity contribution < 1.29 is 22.8 Å². The van der Waals surface area contributed by atoms with E-state index >= 15 is 0 Å². The highest BCUT2D eigenvalue weighted by molar-refractivity contribution is 7.98. The molecule has 0 bridgehead atoms. The van der Waals surface area contributed by atoms with Gasteiger partial charge in [-0.15, -0.1) is 5.10 Å². The number of aryl methyl sites for hydroxylation is 1. The lowest BCUT2D eigenvalue weighted by atomic mass is 10.2. The third-order valence-electron chi connectivity index (χ3n) is 3.28. The number of ether oxygens (including phenoxy) is 2. The Bertz CT molecular complexity index is 871. The summed E-state index contributed by atoms with van der Waals surface area (Å²) in [5.74, 6) is 1.99. The lowest BCUT2D eigenvalue weighted by Crippen LogP contribution is -2.03. The van der Waals surface area contributed by atoms with Crippen LogP contribution >= 0.6 is 11.8 Å². The standard InChI is InChI=1S/C15H15F2N5O3S/c1-3-11-18-15(21-20-11)26-7-12-19-13(22-25-12)8-4-5-9(24-14(16)17)10(6-8)23-2/h4-6,14H,3,7H2,1-2H3,(H,18,20,21). The average molecular weight is 383 g/mol. The minimum Gasteiger partial charge on any atom is -0.493 e. The SMILES string of the molecule is CCc1nc(SCc2nc(-c3ccc(OC(F)F)c(OC)c3)no2)n[nH]1. The number of methoxy groups -OCH3 is 1. The third-order valence-corrected chi connectivity index (χ3v) is 4.11. The first-order valence-corrected chi connectivity index (χ1v) is 8.57. The summed E-state index contributed by atoms with van der Waals surface area (Å²) < 4.78 is 39.4. The molecule has 0 unspecified atom stereocenters. The van der Waals surface area contributed by atoms with Crippen molar-refractivity contribution in [2.24, 2.45) is 0 Å². The summed E-state index contributed by atoms with van der Waals surface area (Å²) in [5, 5.41) is 11.4. The van der Waals surface area contributed by atoms with E-state index in [0.717, 1.165) is 12.2 Å². The van der Waals surface area contributed by atoms with Crippen molar-refractivity contribution in [2.75, 3.05) is 7.11 Å². The summed E-state index contributed by atoms with van der Waals surface area (Å²) in [5.41, 5.74) is 0.551. The Labute approximate surface area is 151 Å². The Morgan fingerprint density at radius 3 is 2.81 bits per heavy atom. The number of hydrogen-bond acceptors (Lipinski definition) is 8. The normalized spacial score (nSPS) is 11.1. The van der Waals surface area contributed by atoms with Crippen LogP contribution in [0.15, 0.2) is 27.9 Å². The van der Waals surface area contributed by atoms with Gasteiger partial charge in [-0.25, -0.2) is 4.98 Å². The van der Waals surface area contributed by atoms with E-state index < -0.39 is 6.61 Å². The van der Waals surface area contributed by atoms with Gasteiger partial charge in [0.25, 0.3) is 0 Å². The van der Waals surface area contributed by atoms with Gasteiger partial charge >= 0.3 is 6.61 Å². The number of H-pyrrole nitrogens is 1. The first-order chi connectivity index (χ1) is 12.6. The molecule has 26 heavy (non-hydrogen) atoms. The lowest BCUT2D eigenvalue weighted by molar-refractivity contribution is -0.0512. The van der Waals surface area contributed by atoms with Crippen molar-refractivity contribution in [3.8, 4) is 22.9 Å². The summed E-state index contributed by atoms with van der Waals surface area (Å²) in [6, 6.07) is 4.41. The van der Waals surface area contributed by atoms with Crippen LogP contribution in [0.3, 0.4) is 0 Å². The van der Waals surface area contributed by atoms with Gasteiger partial charge in [0.2, 0.25) is 16.9 Å². The van der Waals surface area contributed by atoms with Crippen LogP contribution in [0.4, 0.5) is 8.78 Å². The fourth-order valence-electron chi connectivity index (χ4n) is 2.06. The van der Waals surface area contributed by atoms with E-state index in [1.807, 2.05) is 6.92 Å². The fraction of sp³-hybridized carbons (Fsp3) is 0.333. The van der Waals surface area contributed by atoms with Gasteiger partial charge in [-0.3, -0.25) is 5.10 Å². The number of halogens is 2. The topological polar surface area (TPSA) is 99.0 Å². The van der Waals surface area contributed by atoms with E-state index in [4.69, 9.17) is 9.26 Å². The average Bonchev–Trinajstić information content (AvgIpc) is 3.29. The van der Waals surface area contributed by atoms with Crippen molar-refractivity contribution in [3.63, 3.8) is 0 Å². The zero-order chi connectivity index (χ0) is 18.5. The van der Waals surface area contributed by atoms with Gasteiger partial charge in [0.05, 0.1) is 12.9 Å². The largest absolute Gasteiger partial charge is 0.493 e. The maximum Gasteiger partial charge on any atom is 0.387 e. The van der Waals surface area contributed by atoms with E-state index in [1.165, 1.54) is 31.0 Å². The number of nitrogens with zero attached hydrogens (tertiary/aromatic N) is 4. The number of benzene rings is 1. The van der Waals surface area contributed by atoms with Crippen LogP contribution in [0.1, 0.15) is 18.6 Å². The minimum atomic E-state index is -2.94. The molecule has 2 aromatic heterocycles. The van der Waals surface area contributed by atoms with Gasteiger partial charge in [0, 0.05) is 12.0 Å². The number of nitrogens with one attached hydrogen (secondary N) is 1. The van der Waals surface area contributed by atoms with E-state index in [1.54, 1.807) is 6.07 Å². The second kappa shape index (κ2) is 8.13. The van der Waals surface area contributed by atoms with E-state index in [9.17, 15) is 8.78 Å². The highest BCUT2D eigenvalue weighted by Crippen LogP contribution is 2.32. The molecule has 11 heteroatoms. The molecular formula is C15H15F2N5O3S. The molecule has 0 atom stereocenters. The van der Waals surface area contributed by atoms with Gasteiger partial charge in [0.1, 0.15) is 5.82 Å². The highest BCUT2D eigenvalue weighted by Gasteiger charge is 2.15. The highest BCUT2D eigenvalue weighted by atomic mass is 32.2. The molecule has 0 aliphatic heterocycles. The Balaban J connectivity index is 1.70. The van der Waals surface area contributed by atoms with E-state index in [-0.39, 0.29) is 11.5 Å². The van der Waals surface area contributed by atoms with Gasteiger partial charge in [0.15, 0.2) is 11.5 Å². The van der Waals surface area contributed by atoms with Crippen molar-refractivity contribution in [1.29, 1.82) is 0 Å². The van der Waals surface area contributed by atoms with Crippen LogP contribution < -0.4 is 9.47 Å². The molecule has 8 nitrogen and oxygen atoms in total. The summed E-state index contributed by atoms with van der Waals surface area (Å²) in [7, 11) is 1.36. The fourth-order valence-corrected chi connectivity index (χ4v) is 2.71. The lowest BCUT2D eigenvalue weighted by Gasteiger charge is -2.10. The van der Waals surface area contributed by atoms with Gasteiger partial charge < -0.3 is 14.0 Å². The van der Waals surface area contributed by atoms with Crippen LogP contribution in [-0.4, -0.2) is 39.0 Å². The van der Waals surface area contributed by atoms with Crippen molar-refractivity contribution in [3.05, 3.63) is 29.9 Å². The molecule has 0 radical (unpaired) electrons. The second-order valence-corrected chi connectivity index (χ2v) is 5.91. The minimum absolute atomic E-state index is 0.0677. The van der Waals surface area contributed by atoms with E-state index in [2.05, 4.69) is 30.1 Å². The molecule has 0 saturated heterocycles. The maximum atomic E-state index is 12.4. The van der Waals surface area contributed by atoms with Crippen LogP contribution in [-0.2, 0) is 12.2 Å². The molecule has 0 aliphatic carbocycles. The molecule has 138 valence electrons. The molecule has 1 aromatic carbocycles. The van der Waals surface area contributed by atoms with E-state index in [0.29, 0.717) is 28.2 Å². The molecule has 0 saturated carbocycles. The molecule has 3 rings (SSSR count). The molecule has 2 heterocycles. The van der Waals surface area contributed by atoms with Crippen LogP contribution in [0.2, 0.25) is 0 Å². The van der Waals surface area contributed by atoms with Gasteiger partial charge in [-0.2, -0.15) is 13.8 Å². The Kier molecular flexibility index (Phi) is 5.66. The third kappa shape index (κ3) is 4.28. The predicted molar refractivity (Wildman–Crippen MR) is 88.2 cm³/mol. The molecule has 0 spiro atoms. The molecule has 0 fully saturated rings. The molecule has 1 N–H and O–H groups in total. The predicted octanol–water partition coefficient (Wildman–Crippen LogP) is 3.32. The summed E-state index contributed by atoms with van der Waals surface area (Å²) >= 11 is 1.36. The van der Waals surface area contributed by atoms with Gasteiger partial charge in [-0.05, 0) is 18.2 Å². The summed E-state index contributed by atoms with van der Waals surface area (Å²) in [4.78, 5) is 8.56. The van der Waals surface area contributed by atoms with Crippen LogP contribution in [0, 0.1) is 0 Å². The molecule has 0 aliphatic rings. The Morgan fingerprint density at radius 1 is 1.27 bits per heavy atom. The van der Waals surface area contributed by atoms with Crippen molar-refractivity contribution in [2.45, 2.75) is 30.9 Å². The Morgan fingerprint density at radius 2 is 2.12 bits per heavy atom. The monoisotopic (exact) mass is 383 g/mol. The van der Waals surface area contributed by atoms with Crippen LogP contribution in [0.25, 0.3) is 11.4 Å². The van der Waals surface area contributed by atoms with Crippen LogP contribution in [0.5, 0.6) is 11.5 Å². The first-order valence-electron chi connectivity index (χ1n) is 7.59. The first kappa shape index (κ1) is 18.1. The number of thioether (sulfide) groups is 1. The number of hydrogen-bond donors (Lipinski definition) is 1. The summed E-state index contributed by atoms with van der Waals surface area (Å²) in [6.45, 7) is -0.960. The van der Waals surface area contributed by atoms with Gasteiger partial charge in [-0.1, -0.05) is 23.8 Å². The second-order valence-electron chi connectivity index (χ2n) is 4.96. The zero-order valence-electron chi connectivity index (χ0n) is 13.9. The smallest absolute Gasteiger partial charge is 0.387 e. The molecule has 3 aromatic rings. The number of alkyl halides is 2. The maximum absolute atomic E-state index is 12.4. The van der Waals surface area contributed by atoms with Crippen molar-refractivity contribution in [1.82, 2.24) is 25.3 Å².